The minimum absolute atomic E-state index is 0.0575. The average molecular weight is 373 g/mol. The summed E-state index contributed by atoms with van der Waals surface area (Å²) < 4.78 is 5.23. The number of carbonyl (C=O) groups is 1. The Labute approximate surface area is 165 Å². The van der Waals surface area contributed by atoms with Crippen molar-refractivity contribution in [2.75, 3.05) is 7.11 Å². The van der Waals surface area contributed by atoms with Crippen LogP contribution in [0.2, 0.25) is 0 Å². The number of rotatable bonds is 2. The van der Waals surface area contributed by atoms with Gasteiger partial charge in [-0.05, 0) is 48.6 Å². The van der Waals surface area contributed by atoms with Gasteiger partial charge in [-0.1, -0.05) is 26.8 Å². The number of aromatic nitrogens is 2. The van der Waals surface area contributed by atoms with E-state index in [1.807, 2.05) is 50.4 Å². The molecule has 5 nitrogen and oxygen atoms in total. The Morgan fingerprint density at radius 3 is 2.57 bits per heavy atom. The van der Waals surface area contributed by atoms with E-state index in [-0.39, 0.29) is 17.4 Å². The number of fused-ring (bicyclic) bond motifs is 3. The van der Waals surface area contributed by atoms with Crippen LogP contribution in [0.1, 0.15) is 38.4 Å². The molecule has 5 heteroatoms. The predicted octanol–water partition coefficient (Wildman–Crippen LogP) is 4.38. The number of carbonyl (C=O) groups excluding carboxylic acids is 1. The second kappa shape index (κ2) is 6.27. The summed E-state index contributed by atoms with van der Waals surface area (Å²) in [5, 5.41) is 0. The first kappa shape index (κ1) is 18.4. The normalized spacial score (nSPS) is 25.2. The molecule has 4 rings (SSSR count). The van der Waals surface area contributed by atoms with E-state index >= 15 is 0 Å². The van der Waals surface area contributed by atoms with Crippen LogP contribution in [0.5, 0.6) is 5.75 Å². The highest BCUT2D eigenvalue weighted by Crippen LogP contribution is 2.54. The summed E-state index contributed by atoms with van der Waals surface area (Å²) >= 11 is 0. The van der Waals surface area contributed by atoms with Crippen molar-refractivity contribution in [3.8, 4) is 17.1 Å². The Morgan fingerprint density at radius 2 is 1.93 bits per heavy atom. The maximum atomic E-state index is 12.8. The lowest BCUT2D eigenvalue weighted by Gasteiger charge is -2.50. The fourth-order valence-electron chi connectivity index (χ4n) is 4.90. The lowest BCUT2D eigenvalue weighted by molar-refractivity contribution is -0.128. The molecule has 2 aliphatic carbocycles. The van der Waals surface area contributed by atoms with Gasteiger partial charge < -0.3 is 9.53 Å². The van der Waals surface area contributed by atoms with E-state index < -0.39 is 10.8 Å². The summed E-state index contributed by atoms with van der Waals surface area (Å²) in [6.45, 7) is 13.5. The zero-order chi connectivity index (χ0) is 20.1. The molecule has 0 saturated heterocycles. The van der Waals surface area contributed by atoms with Crippen molar-refractivity contribution in [3.63, 3.8) is 0 Å². The topological polar surface area (TPSA) is 56.4 Å². The van der Waals surface area contributed by atoms with Gasteiger partial charge in [0.2, 0.25) is 5.70 Å². The molecule has 0 radical (unpaired) electrons. The highest BCUT2D eigenvalue weighted by molar-refractivity contribution is 6.02. The van der Waals surface area contributed by atoms with Gasteiger partial charge in [-0.2, -0.15) is 0 Å². The number of methoxy groups -OCH3 is 1. The number of allylic oxidation sites excluding steroid dienone is 2. The molecule has 1 heterocycles. The second-order valence-electron chi connectivity index (χ2n) is 8.36. The minimum atomic E-state index is -0.591. The molecule has 28 heavy (non-hydrogen) atoms. The summed E-state index contributed by atoms with van der Waals surface area (Å²) in [7, 11) is 1.64. The molecule has 2 aliphatic rings. The van der Waals surface area contributed by atoms with Gasteiger partial charge in [0, 0.05) is 22.6 Å². The zero-order valence-corrected chi connectivity index (χ0v) is 16.6. The van der Waals surface area contributed by atoms with Crippen LogP contribution in [0.4, 0.5) is 0 Å². The smallest absolute Gasteiger partial charge is 0.226 e. The van der Waals surface area contributed by atoms with Crippen LogP contribution in [0, 0.1) is 17.9 Å². The molecule has 0 fully saturated rings. The Morgan fingerprint density at radius 1 is 1.21 bits per heavy atom. The van der Waals surface area contributed by atoms with Crippen LogP contribution in [0.15, 0.2) is 42.2 Å². The molecule has 2 aromatic rings. The highest BCUT2D eigenvalue weighted by Gasteiger charge is 2.54. The van der Waals surface area contributed by atoms with Crippen molar-refractivity contribution >= 4 is 5.78 Å². The molecule has 1 aromatic carbocycles. The number of benzene rings is 1. The maximum absolute atomic E-state index is 12.8. The van der Waals surface area contributed by atoms with E-state index in [1.165, 1.54) is 0 Å². The van der Waals surface area contributed by atoms with E-state index in [1.54, 1.807) is 7.11 Å². The molecule has 0 N–H and O–H groups in total. The van der Waals surface area contributed by atoms with Gasteiger partial charge in [0.15, 0.2) is 11.6 Å². The highest BCUT2D eigenvalue weighted by atomic mass is 16.5. The number of nitrogens with zero attached hydrogens (tertiary/aromatic N) is 3. The molecule has 0 amide bonds. The van der Waals surface area contributed by atoms with E-state index in [2.05, 4.69) is 16.8 Å². The van der Waals surface area contributed by atoms with E-state index in [0.29, 0.717) is 5.82 Å². The van der Waals surface area contributed by atoms with Gasteiger partial charge >= 0.3 is 0 Å². The molecule has 0 bridgehead atoms. The first-order valence-electron chi connectivity index (χ1n) is 9.47. The number of aryl methyl sites for hydroxylation is 1. The number of Topliss-reactive ketones (excluding diaryl/α,β-unsaturated/α-hetero) is 1. The number of hydrogen-bond acceptors (Lipinski definition) is 4. The fraction of sp³-hybridized carbons (Fsp3) is 0.391. The Balaban J connectivity index is 1.88. The maximum Gasteiger partial charge on any atom is 0.226 e. The van der Waals surface area contributed by atoms with E-state index in [9.17, 15) is 4.79 Å². The third-order valence-electron chi connectivity index (χ3n) is 6.40. The van der Waals surface area contributed by atoms with Crippen LogP contribution in [-0.4, -0.2) is 22.9 Å². The molecule has 0 unspecified atom stereocenters. The van der Waals surface area contributed by atoms with Crippen molar-refractivity contribution in [2.45, 2.75) is 39.0 Å². The van der Waals surface area contributed by atoms with E-state index in [4.69, 9.17) is 16.3 Å². The first-order valence-corrected chi connectivity index (χ1v) is 9.47. The molecular formula is C23H23N3O2. The number of ketones is 1. The summed E-state index contributed by atoms with van der Waals surface area (Å²) in [6, 6.07) is 7.67. The number of ether oxygens (including phenoxy) is 1. The summed E-state index contributed by atoms with van der Waals surface area (Å²) in [5.41, 5.74) is 2.12. The second-order valence-corrected chi connectivity index (χ2v) is 8.36. The SMILES string of the molecule is [C-]#[N+]C1=C[C@]2(C)c3nc(-c4ccc(OC)cc4)ncc3CC[C@H]2C(C)(C)C1=O. The fourth-order valence-corrected chi connectivity index (χ4v) is 4.90. The molecule has 0 saturated carbocycles. The van der Waals surface area contributed by atoms with Crippen LogP contribution in [0.25, 0.3) is 16.2 Å². The minimum Gasteiger partial charge on any atom is -0.497 e. The van der Waals surface area contributed by atoms with Crippen molar-refractivity contribution in [2.24, 2.45) is 11.3 Å². The van der Waals surface area contributed by atoms with Crippen LogP contribution < -0.4 is 4.74 Å². The molecule has 2 atom stereocenters. The van der Waals surface area contributed by atoms with Crippen molar-refractivity contribution in [1.82, 2.24) is 9.97 Å². The third kappa shape index (κ3) is 2.56. The Hall–Kier alpha value is -3.00. The van der Waals surface area contributed by atoms with Crippen LogP contribution in [-0.2, 0) is 16.6 Å². The number of hydrogen-bond donors (Lipinski definition) is 0. The average Bonchev–Trinajstić information content (AvgIpc) is 2.70. The Kier molecular flexibility index (Phi) is 4.11. The zero-order valence-electron chi connectivity index (χ0n) is 16.6. The molecule has 1 aromatic heterocycles. The lowest BCUT2D eigenvalue weighted by Crippen LogP contribution is -2.51. The van der Waals surface area contributed by atoms with Crippen molar-refractivity contribution < 1.29 is 9.53 Å². The van der Waals surface area contributed by atoms with Gasteiger partial charge in [-0.25, -0.2) is 14.8 Å². The standard InChI is InChI=1S/C23H23N3O2/c1-22(2)18-11-8-15-13-25-21(14-6-9-16(28-5)10-7-14)26-19(15)23(18,3)12-17(24-4)20(22)27/h6-7,9-10,12-13,18H,8,11H2,1-3,5H3/t18-,23-/m0/s1. The molecule has 142 valence electrons. The molecule has 0 aliphatic heterocycles. The van der Waals surface area contributed by atoms with Crippen LogP contribution >= 0.6 is 0 Å². The summed E-state index contributed by atoms with van der Waals surface area (Å²) in [5.74, 6) is 1.48. The summed E-state index contributed by atoms with van der Waals surface area (Å²) in [4.78, 5) is 25.9. The predicted molar refractivity (Wildman–Crippen MR) is 107 cm³/mol. The van der Waals surface area contributed by atoms with Crippen molar-refractivity contribution in [1.29, 1.82) is 0 Å². The quantitative estimate of drug-likeness (QED) is 0.733. The summed E-state index contributed by atoms with van der Waals surface area (Å²) in [6.07, 6.45) is 5.48. The van der Waals surface area contributed by atoms with Gasteiger partial charge in [0.05, 0.1) is 19.4 Å². The van der Waals surface area contributed by atoms with E-state index in [0.717, 1.165) is 35.4 Å². The molecule has 0 spiro atoms. The van der Waals surface area contributed by atoms with Crippen molar-refractivity contribution in [3.05, 3.63) is 64.9 Å². The van der Waals surface area contributed by atoms with Gasteiger partial charge in [-0.15, -0.1) is 0 Å². The first-order chi connectivity index (χ1) is 13.3. The van der Waals surface area contributed by atoms with Gasteiger partial charge in [-0.3, -0.25) is 0 Å². The third-order valence-corrected chi connectivity index (χ3v) is 6.40. The lowest BCUT2D eigenvalue weighted by atomic mass is 9.53. The molecular weight excluding hydrogens is 350 g/mol. The van der Waals surface area contributed by atoms with Gasteiger partial charge in [0.25, 0.3) is 0 Å². The van der Waals surface area contributed by atoms with Crippen LogP contribution in [0.3, 0.4) is 0 Å². The van der Waals surface area contributed by atoms with Gasteiger partial charge in [0.1, 0.15) is 5.75 Å². The largest absolute Gasteiger partial charge is 0.497 e. The monoisotopic (exact) mass is 373 g/mol. The Bertz CT molecular complexity index is 1030.